The fraction of sp³-hybridized carbons (Fsp3) is 0.143. The fourth-order valence-electron chi connectivity index (χ4n) is 3.21. The second kappa shape index (κ2) is 6.43. The van der Waals surface area contributed by atoms with E-state index >= 15 is 0 Å². The van der Waals surface area contributed by atoms with Crippen LogP contribution in [-0.4, -0.2) is 9.97 Å². The van der Waals surface area contributed by atoms with Crippen LogP contribution in [0.15, 0.2) is 48.7 Å². The SMILES string of the molecule is Cc1[c-]c(-c2nccc3c2ccc2nc(C)ccc23)cc(C)c1.[Ir]. The molecule has 121 valence electrons. The van der Waals surface area contributed by atoms with Gasteiger partial charge in [-0.2, -0.15) is 0 Å². The molecule has 4 rings (SSSR count). The molecule has 3 heteroatoms. The van der Waals surface area contributed by atoms with Crippen molar-refractivity contribution in [2.24, 2.45) is 0 Å². The van der Waals surface area contributed by atoms with Crippen molar-refractivity contribution in [1.82, 2.24) is 9.97 Å². The Morgan fingerprint density at radius 3 is 2.42 bits per heavy atom. The number of nitrogens with zero attached hydrogens (tertiary/aromatic N) is 2. The van der Waals surface area contributed by atoms with Gasteiger partial charge in [0, 0.05) is 37.4 Å². The van der Waals surface area contributed by atoms with Crippen molar-refractivity contribution in [3.05, 3.63) is 71.5 Å². The molecule has 0 amide bonds. The standard InChI is InChI=1S/C21H17N2.Ir/c1-13-10-14(2)12-16(11-13)21-19-6-7-20-18(5-4-15(3)23-20)17(19)8-9-22-21;/h4-11H,1-3H3;/q-1;. The summed E-state index contributed by atoms with van der Waals surface area (Å²) in [7, 11) is 0. The first kappa shape index (κ1) is 16.8. The van der Waals surface area contributed by atoms with Crippen LogP contribution in [0.5, 0.6) is 0 Å². The average Bonchev–Trinajstić information content (AvgIpc) is 2.52. The Hall–Kier alpha value is -2.09. The molecule has 0 fully saturated rings. The predicted molar refractivity (Wildman–Crippen MR) is 95.5 cm³/mol. The van der Waals surface area contributed by atoms with E-state index in [0.717, 1.165) is 33.4 Å². The van der Waals surface area contributed by atoms with E-state index in [1.54, 1.807) is 0 Å². The first-order valence-electron chi connectivity index (χ1n) is 7.78. The Bertz CT molecular complexity index is 1030. The van der Waals surface area contributed by atoms with Gasteiger partial charge in [-0.15, -0.1) is 34.9 Å². The Kier molecular flexibility index (Phi) is 4.49. The molecule has 0 spiro atoms. The zero-order valence-corrected chi connectivity index (χ0v) is 16.2. The largest absolute Gasteiger partial charge is 0.304 e. The molecule has 0 N–H and O–H groups in total. The number of fused-ring (bicyclic) bond motifs is 3. The molecule has 0 unspecified atom stereocenters. The molecular formula is C21H17IrN2-. The van der Waals surface area contributed by atoms with Crippen LogP contribution in [0.1, 0.15) is 16.8 Å². The van der Waals surface area contributed by atoms with Crippen molar-refractivity contribution in [3.8, 4) is 11.3 Å². The quantitative estimate of drug-likeness (QED) is 0.272. The Morgan fingerprint density at radius 1 is 0.833 bits per heavy atom. The third kappa shape index (κ3) is 2.86. The molecule has 2 aromatic carbocycles. The Balaban J connectivity index is 0.00000169. The number of benzene rings is 2. The van der Waals surface area contributed by atoms with Crippen molar-refractivity contribution < 1.29 is 20.1 Å². The van der Waals surface area contributed by atoms with Crippen LogP contribution in [-0.2, 0) is 20.1 Å². The first-order valence-corrected chi connectivity index (χ1v) is 7.78. The second-order valence-corrected chi connectivity index (χ2v) is 6.09. The number of hydrogen-bond donors (Lipinski definition) is 0. The van der Waals surface area contributed by atoms with Crippen molar-refractivity contribution in [3.63, 3.8) is 0 Å². The van der Waals surface area contributed by atoms with Gasteiger partial charge >= 0.3 is 0 Å². The predicted octanol–water partition coefficient (Wildman–Crippen LogP) is 5.17. The Morgan fingerprint density at radius 2 is 1.62 bits per heavy atom. The maximum absolute atomic E-state index is 4.63. The maximum atomic E-state index is 4.63. The normalized spacial score (nSPS) is 10.8. The third-order valence-electron chi connectivity index (χ3n) is 4.16. The summed E-state index contributed by atoms with van der Waals surface area (Å²) in [5, 5.41) is 3.50. The average molecular weight is 490 g/mol. The molecule has 2 heterocycles. The minimum Gasteiger partial charge on any atom is -0.304 e. The topological polar surface area (TPSA) is 25.8 Å². The molecule has 0 bridgehead atoms. The van der Waals surface area contributed by atoms with Gasteiger partial charge in [-0.1, -0.05) is 26.0 Å². The van der Waals surface area contributed by atoms with E-state index in [2.05, 4.69) is 72.3 Å². The molecule has 0 saturated heterocycles. The number of pyridine rings is 2. The van der Waals surface area contributed by atoms with E-state index in [-0.39, 0.29) is 20.1 Å². The molecule has 0 aliphatic carbocycles. The van der Waals surface area contributed by atoms with Crippen molar-refractivity contribution in [2.45, 2.75) is 20.8 Å². The minimum absolute atomic E-state index is 0. The summed E-state index contributed by atoms with van der Waals surface area (Å²) >= 11 is 0. The van der Waals surface area contributed by atoms with Crippen molar-refractivity contribution in [1.29, 1.82) is 0 Å². The molecule has 0 aliphatic heterocycles. The van der Waals surface area contributed by atoms with Gasteiger partial charge in [-0.3, -0.25) is 4.98 Å². The number of hydrogen-bond acceptors (Lipinski definition) is 2. The van der Waals surface area contributed by atoms with E-state index in [4.69, 9.17) is 0 Å². The molecular weight excluding hydrogens is 472 g/mol. The second-order valence-electron chi connectivity index (χ2n) is 6.09. The summed E-state index contributed by atoms with van der Waals surface area (Å²) in [6.45, 7) is 6.20. The van der Waals surface area contributed by atoms with Gasteiger partial charge in [0.2, 0.25) is 0 Å². The van der Waals surface area contributed by atoms with Crippen LogP contribution in [0.3, 0.4) is 0 Å². The summed E-state index contributed by atoms with van der Waals surface area (Å²) in [4.78, 5) is 9.26. The van der Waals surface area contributed by atoms with E-state index in [1.165, 1.54) is 16.3 Å². The van der Waals surface area contributed by atoms with Gasteiger partial charge in [0.15, 0.2) is 0 Å². The maximum Gasteiger partial charge on any atom is 0.0711 e. The molecule has 2 aromatic heterocycles. The minimum atomic E-state index is 0. The molecule has 2 nitrogen and oxygen atoms in total. The van der Waals surface area contributed by atoms with Gasteiger partial charge in [0.25, 0.3) is 0 Å². The van der Waals surface area contributed by atoms with Crippen LogP contribution in [0.4, 0.5) is 0 Å². The van der Waals surface area contributed by atoms with Gasteiger partial charge < -0.3 is 4.98 Å². The van der Waals surface area contributed by atoms with E-state index < -0.39 is 0 Å². The Labute approximate surface area is 155 Å². The first-order chi connectivity index (χ1) is 11.1. The van der Waals surface area contributed by atoms with Crippen LogP contribution in [0, 0.1) is 26.8 Å². The molecule has 1 radical (unpaired) electrons. The summed E-state index contributed by atoms with van der Waals surface area (Å²) in [6, 6.07) is 18.2. The van der Waals surface area contributed by atoms with Crippen LogP contribution < -0.4 is 0 Å². The summed E-state index contributed by atoms with van der Waals surface area (Å²) in [5.74, 6) is 0. The van der Waals surface area contributed by atoms with E-state index in [0.29, 0.717) is 0 Å². The molecule has 4 aromatic rings. The smallest absolute Gasteiger partial charge is 0.0711 e. The molecule has 0 atom stereocenters. The monoisotopic (exact) mass is 490 g/mol. The zero-order chi connectivity index (χ0) is 16.0. The number of aryl methyl sites for hydroxylation is 3. The number of aromatic nitrogens is 2. The van der Waals surface area contributed by atoms with Crippen LogP contribution >= 0.6 is 0 Å². The van der Waals surface area contributed by atoms with Gasteiger partial charge in [-0.05, 0) is 41.6 Å². The van der Waals surface area contributed by atoms with Gasteiger partial charge in [0.05, 0.1) is 5.52 Å². The van der Waals surface area contributed by atoms with Crippen LogP contribution in [0.2, 0.25) is 0 Å². The van der Waals surface area contributed by atoms with E-state index in [9.17, 15) is 0 Å². The summed E-state index contributed by atoms with van der Waals surface area (Å²) in [6.07, 6.45) is 1.88. The molecule has 24 heavy (non-hydrogen) atoms. The molecule has 0 aliphatic rings. The van der Waals surface area contributed by atoms with Crippen molar-refractivity contribution >= 4 is 21.7 Å². The van der Waals surface area contributed by atoms with Gasteiger partial charge in [-0.25, -0.2) is 0 Å². The molecule has 0 saturated carbocycles. The fourth-order valence-corrected chi connectivity index (χ4v) is 3.21. The van der Waals surface area contributed by atoms with Crippen LogP contribution in [0.25, 0.3) is 32.9 Å². The summed E-state index contributed by atoms with van der Waals surface area (Å²) < 4.78 is 0. The van der Waals surface area contributed by atoms with E-state index in [1.807, 2.05) is 13.1 Å². The zero-order valence-electron chi connectivity index (χ0n) is 13.8. The third-order valence-corrected chi connectivity index (χ3v) is 4.16. The summed E-state index contributed by atoms with van der Waals surface area (Å²) in [5.41, 5.74) is 6.46. The van der Waals surface area contributed by atoms with Gasteiger partial charge in [0.1, 0.15) is 0 Å². The van der Waals surface area contributed by atoms with Crippen molar-refractivity contribution in [2.75, 3.05) is 0 Å². The number of rotatable bonds is 1.